The van der Waals surface area contributed by atoms with Crippen molar-refractivity contribution >= 4 is 16.7 Å². The summed E-state index contributed by atoms with van der Waals surface area (Å²) in [6, 6.07) is 6.76. The molecule has 1 aromatic carbocycles. The van der Waals surface area contributed by atoms with Crippen molar-refractivity contribution in [2.75, 3.05) is 19.0 Å². The number of phenolic OH excluding ortho intramolecular Hbond substituents is 1. The molecule has 0 aliphatic carbocycles. The van der Waals surface area contributed by atoms with Gasteiger partial charge in [-0.3, -0.25) is 14.3 Å². The van der Waals surface area contributed by atoms with Crippen LogP contribution in [-0.4, -0.2) is 68.1 Å². The van der Waals surface area contributed by atoms with Crippen molar-refractivity contribution in [1.29, 1.82) is 0 Å². The lowest BCUT2D eigenvalue weighted by molar-refractivity contribution is 0.0701. The number of benzene rings is 1. The Morgan fingerprint density at radius 2 is 1.97 bits per heavy atom. The second-order valence-electron chi connectivity index (χ2n) is 9.01. The Balaban J connectivity index is 1.45. The van der Waals surface area contributed by atoms with Gasteiger partial charge in [-0.05, 0) is 57.5 Å². The van der Waals surface area contributed by atoms with Crippen molar-refractivity contribution in [2.24, 2.45) is 7.05 Å². The summed E-state index contributed by atoms with van der Waals surface area (Å²) >= 11 is 0. The van der Waals surface area contributed by atoms with Crippen molar-refractivity contribution in [3.8, 4) is 17.0 Å². The molecular weight excluding hydrogens is 411 g/mol. The van der Waals surface area contributed by atoms with E-state index < -0.39 is 6.17 Å². The number of fused-ring (bicyclic) bond motifs is 3. The van der Waals surface area contributed by atoms with E-state index >= 15 is 4.39 Å². The van der Waals surface area contributed by atoms with Crippen LogP contribution in [-0.2, 0) is 7.05 Å². The molecule has 2 aliphatic heterocycles. The third kappa shape index (κ3) is 3.14. The Kier molecular flexibility index (Phi) is 4.88. The maximum atomic E-state index is 15.2. The highest BCUT2D eigenvalue weighted by Gasteiger charge is 2.47. The Morgan fingerprint density at radius 3 is 2.69 bits per heavy atom. The average molecular weight is 439 g/mol. The lowest BCUT2D eigenvalue weighted by Gasteiger charge is -2.43. The number of aromatic hydroxyl groups is 1. The SMILES string of the molecule is Cc1nc2cc(-c3ccc(N(C)[C@@H]4CC5CCC([C@@H]4F)N5C)nn3)c(O)cc2c(=O)n1C. The zero-order valence-electron chi connectivity index (χ0n) is 18.7. The molecule has 3 aromatic rings. The Bertz CT molecular complexity index is 1240. The molecule has 4 atom stereocenters. The van der Waals surface area contributed by atoms with Gasteiger partial charge in [0.05, 0.1) is 22.6 Å². The van der Waals surface area contributed by atoms with Crippen molar-refractivity contribution in [2.45, 2.75) is 50.5 Å². The Morgan fingerprint density at radius 1 is 1.19 bits per heavy atom. The van der Waals surface area contributed by atoms with E-state index in [0.717, 1.165) is 19.3 Å². The molecule has 5 rings (SSSR count). The molecule has 2 aromatic heterocycles. The fourth-order valence-electron chi connectivity index (χ4n) is 5.20. The second kappa shape index (κ2) is 7.51. The summed E-state index contributed by atoms with van der Waals surface area (Å²) in [6.07, 6.45) is 1.76. The molecular formula is C23H27FN6O2. The predicted octanol–water partition coefficient (Wildman–Crippen LogP) is 2.41. The number of hydrogen-bond donors (Lipinski definition) is 1. The molecule has 0 amide bonds. The third-order valence-electron chi connectivity index (χ3n) is 7.35. The Labute approximate surface area is 185 Å². The van der Waals surface area contributed by atoms with E-state index in [0.29, 0.717) is 39.8 Å². The average Bonchev–Trinajstić information content (AvgIpc) is 3.05. The van der Waals surface area contributed by atoms with Crippen molar-refractivity contribution in [3.63, 3.8) is 0 Å². The van der Waals surface area contributed by atoms with Crippen molar-refractivity contribution < 1.29 is 9.50 Å². The predicted molar refractivity (Wildman–Crippen MR) is 121 cm³/mol. The first-order valence-electron chi connectivity index (χ1n) is 10.9. The molecule has 2 unspecified atom stereocenters. The highest BCUT2D eigenvalue weighted by molar-refractivity contribution is 5.86. The summed E-state index contributed by atoms with van der Waals surface area (Å²) in [7, 11) is 5.52. The topological polar surface area (TPSA) is 87.4 Å². The number of anilines is 1. The van der Waals surface area contributed by atoms with Crippen LogP contribution in [0.3, 0.4) is 0 Å². The first-order chi connectivity index (χ1) is 15.3. The first-order valence-corrected chi connectivity index (χ1v) is 10.9. The van der Waals surface area contributed by atoms with Crippen LogP contribution >= 0.6 is 0 Å². The summed E-state index contributed by atoms with van der Waals surface area (Å²) in [6.45, 7) is 1.76. The van der Waals surface area contributed by atoms with Crippen LogP contribution in [0.25, 0.3) is 22.2 Å². The van der Waals surface area contributed by atoms with Gasteiger partial charge in [0, 0.05) is 31.7 Å². The van der Waals surface area contributed by atoms with Gasteiger partial charge in [0.25, 0.3) is 5.56 Å². The standard InChI is InChI=1S/C23H27FN6O2/c1-12-25-17-10-14(20(31)11-15(17)23(32)28(12)2)16-6-8-21(27-26-16)30(4)19-9-13-5-7-18(22(19)24)29(13)3/h6,8,10-11,13,18-19,22,31H,5,7,9H2,1-4H3/t13?,18?,19-,22+/m1/s1. The maximum absolute atomic E-state index is 15.2. The second-order valence-corrected chi connectivity index (χ2v) is 9.01. The molecule has 32 heavy (non-hydrogen) atoms. The number of nitrogens with zero attached hydrogens (tertiary/aromatic N) is 6. The zero-order chi connectivity index (χ0) is 22.7. The summed E-state index contributed by atoms with van der Waals surface area (Å²) in [4.78, 5) is 21.0. The minimum Gasteiger partial charge on any atom is -0.507 e. The number of alkyl halides is 1. The van der Waals surface area contributed by atoms with Crippen LogP contribution < -0.4 is 10.5 Å². The molecule has 4 heterocycles. The molecule has 0 saturated carbocycles. The molecule has 2 bridgehead atoms. The zero-order valence-corrected chi connectivity index (χ0v) is 18.7. The summed E-state index contributed by atoms with van der Waals surface area (Å²) in [5.41, 5.74) is 1.18. The van der Waals surface area contributed by atoms with Crippen molar-refractivity contribution in [3.05, 3.63) is 40.4 Å². The van der Waals surface area contributed by atoms with Gasteiger partial charge in [-0.15, -0.1) is 10.2 Å². The molecule has 1 N–H and O–H groups in total. The van der Waals surface area contributed by atoms with Crippen LogP contribution in [0.2, 0.25) is 0 Å². The lowest BCUT2D eigenvalue weighted by atomic mass is 9.95. The summed E-state index contributed by atoms with van der Waals surface area (Å²) in [5, 5.41) is 19.5. The van der Waals surface area contributed by atoms with Crippen LogP contribution in [0.15, 0.2) is 29.1 Å². The highest BCUT2D eigenvalue weighted by Crippen LogP contribution is 2.39. The minimum atomic E-state index is -0.938. The molecule has 168 valence electrons. The molecule has 2 saturated heterocycles. The molecule has 9 heteroatoms. The number of aryl methyl sites for hydroxylation is 1. The van der Waals surface area contributed by atoms with E-state index in [1.165, 1.54) is 10.6 Å². The normalized spacial score (nSPS) is 25.4. The van der Waals surface area contributed by atoms with E-state index in [-0.39, 0.29) is 23.4 Å². The largest absolute Gasteiger partial charge is 0.507 e. The summed E-state index contributed by atoms with van der Waals surface area (Å²) < 4.78 is 16.6. The van der Waals surface area contributed by atoms with E-state index in [9.17, 15) is 9.90 Å². The van der Waals surface area contributed by atoms with Crippen LogP contribution in [0.5, 0.6) is 5.75 Å². The van der Waals surface area contributed by atoms with Crippen LogP contribution in [0.4, 0.5) is 10.2 Å². The molecule has 8 nitrogen and oxygen atoms in total. The van der Waals surface area contributed by atoms with Gasteiger partial charge in [0.1, 0.15) is 17.7 Å². The number of halogens is 1. The fourth-order valence-corrected chi connectivity index (χ4v) is 5.20. The highest BCUT2D eigenvalue weighted by atomic mass is 19.1. The van der Waals surface area contributed by atoms with Crippen molar-refractivity contribution in [1.82, 2.24) is 24.6 Å². The smallest absolute Gasteiger partial charge is 0.261 e. The maximum Gasteiger partial charge on any atom is 0.261 e. The number of phenols is 1. The van der Waals surface area contributed by atoms with Gasteiger partial charge in [-0.25, -0.2) is 9.37 Å². The molecule has 2 fully saturated rings. The van der Waals surface area contributed by atoms with Gasteiger partial charge in [-0.2, -0.15) is 0 Å². The van der Waals surface area contributed by atoms with Gasteiger partial charge >= 0.3 is 0 Å². The van der Waals surface area contributed by atoms with E-state index in [4.69, 9.17) is 0 Å². The number of hydrogen-bond acceptors (Lipinski definition) is 7. The lowest BCUT2D eigenvalue weighted by Crippen LogP contribution is -2.56. The Hall–Kier alpha value is -3.07. The molecule has 0 radical (unpaired) electrons. The summed E-state index contributed by atoms with van der Waals surface area (Å²) in [5.74, 6) is 1.11. The van der Waals surface area contributed by atoms with E-state index in [2.05, 4.69) is 20.1 Å². The molecule has 0 spiro atoms. The first kappa shape index (κ1) is 20.8. The van der Waals surface area contributed by atoms with Crippen LogP contribution in [0.1, 0.15) is 25.1 Å². The quantitative estimate of drug-likeness (QED) is 0.672. The van der Waals surface area contributed by atoms with E-state index in [1.54, 1.807) is 32.2 Å². The van der Waals surface area contributed by atoms with E-state index in [1.807, 2.05) is 19.0 Å². The van der Waals surface area contributed by atoms with Gasteiger partial charge < -0.3 is 10.0 Å². The number of aromatic nitrogens is 4. The van der Waals surface area contributed by atoms with Gasteiger partial charge in [0.2, 0.25) is 0 Å². The minimum absolute atomic E-state index is 0.0355. The fraction of sp³-hybridized carbons (Fsp3) is 0.478. The van der Waals surface area contributed by atoms with Gasteiger partial charge in [0.15, 0.2) is 5.82 Å². The number of rotatable bonds is 3. The monoisotopic (exact) mass is 438 g/mol. The molecule has 2 aliphatic rings. The number of piperidine rings is 1. The van der Waals surface area contributed by atoms with Crippen LogP contribution in [0, 0.1) is 6.92 Å². The van der Waals surface area contributed by atoms with Gasteiger partial charge in [-0.1, -0.05) is 0 Å². The third-order valence-corrected chi connectivity index (χ3v) is 7.35.